The summed E-state index contributed by atoms with van der Waals surface area (Å²) in [6.45, 7) is 2.97. The van der Waals surface area contributed by atoms with Gasteiger partial charge < -0.3 is 16.0 Å². The van der Waals surface area contributed by atoms with Crippen molar-refractivity contribution in [1.82, 2.24) is 15.3 Å². The Balaban J connectivity index is 2.14. The smallest absolute Gasteiger partial charge is 0.140 e. The number of aromatic amines is 1. The zero-order valence-corrected chi connectivity index (χ0v) is 15.6. The van der Waals surface area contributed by atoms with Crippen LogP contribution in [0.1, 0.15) is 50.3 Å². The zero-order chi connectivity index (χ0) is 16.7. The molecule has 0 radical (unpaired) electrons. The SMILES string of the molecule is CCCCCCCc1[nH]c2nc(N)ccc2c1CNC(=S)SC. The Kier molecular flexibility index (Phi) is 7.17. The second-order valence-corrected chi connectivity index (χ2v) is 7.21. The molecule has 6 heteroatoms. The number of hydrogen-bond acceptors (Lipinski definition) is 4. The second-order valence-electron chi connectivity index (χ2n) is 5.72. The fourth-order valence-corrected chi connectivity index (χ4v) is 3.04. The lowest BCUT2D eigenvalue weighted by Crippen LogP contribution is -2.17. The molecule has 4 N–H and O–H groups in total. The summed E-state index contributed by atoms with van der Waals surface area (Å²) in [5.74, 6) is 0.549. The summed E-state index contributed by atoms with van der Waals surface area (Å²) in [6.07, 6.45) is 9.41. The summed E-state index contributed by atoms with van der Waals surface area (Å²) < 4.78 is 0.816. The van der Waals surface area contributed by atoms with Gasteiger partial charge in [0.25, 0.3) is 0 Å². The highest BCUT2D eigenvalue weighted by Gasteiger charge is 2.12. The van der Waals surface area contributed by atoms with Crippen molar-refractivity contribution in [2.75, 3.05) is 12.0 Å². The van der Waals surface area contributed by atoms with Gasteiger partial charge in [0.05, 0.1) is 0 Å². The first-order chi connectivity index (χ1) is 11.2. The number of H-pyrrole nitrogens is 1. The van der Waals surface area contributed by atoms with Gasteiger partial charge in [-0.25, -0.2) is 4.98 Å². The molecule has 0 saturated heterocycles. The van der Waals surface area contributed by atoms with Crippen LogP contribution in [-0.2, 0) is 13.0 Å². The highest BCUT2D eigenvalue weighted by molar-refractivity contribution is 8.22. The summed E-state index contributed by atoms with van der Waals surface area (Å²) in [6, 6.07) is 3.91. The predicted octanol–water partition coefficient (Wildman–Crippen LogP) is 4.40. The lowest BCUT2D eigenvalue weighted by atomic mass is 10.1. The third-order valence-corrected chi connectivity index (χ3v) is 5.16. The lowest BCUT2D eigenvalue weighted by molar-refractivity contribution is 0.627. The largest absolute Gasteiger partial charge is 0.384 e. The van der Waals surface area contributed by atoms with Crippen LogP contribution >= 0.6 is 24.0 Å². The fraction of sp³-hybridized carbons (Fsp3) is 0.529. The Morgan fingerprint density at radius 3 is 2.83 bits per heavy atom. The van der Waals surface area contributed by atoms with Gasteiger partial charge in [0.2, 0.25) is 0 Å². The van der Waals surface area contributed by atoms with E-state index >= 15 is 0 Å². The molecule has 0 aliphatic rings. The Morgan fingerprint density at radius 2 is 2.09 bits per heavy atom. The molecule has 0 atom stereocenters. The predicted molar refractivity (Wildman–Crippen MR) is 106 cm³/mol. The first kappa shape index (κ1) is 18.1. The molecule has 126 valence electrons. The summed E-state index contributed by atoms with van der Waals surface area (Å²) in [5.41, 5.74) is 9.21. The highest BCUT2D eigenvalue weighted by Crippen LogP contribution is 2.24. The Morgan fingerprint density at radius 1 is 1.30 bits per heavy atom. The molecule has 0 aliphatic heterocycles. The minimum atomic E-state index is 0.549. The van der Waals surface area contributed by atoms with Crippen LogP contribution in [0.25, 0.3) is 11.0 Å². The molecule has 0 saturated carbocycles. The number of nitrogens with one attached hydrogen (secondary N) is 2. The maximum atomic E-state index is 5.81. The van der Waals surface area contributed by atoms with Crippen LogP contribution in [0.5, 0.6) is 0 Å². The van der Waals surface area contributed by atoms with Crippen molar-refractivity contribution in [3.05, 3.63) is 23.4 Å². The number of aryl methyl sites for hydroxylation is 1. The number of pyridine rings is 1. The van der Waals surface area contributed by atoms with Gasteiger partial charge in [-0.3, -0.25) is 0 Å². The first-order valence-corrected chi connectivity index (χ1v) is 9.86. The molecule has 0 fully saturated rings. The summed E-state index contributed by atoms with van der Waals surface area (Å²) in [5, 5.41) is 4.45. The van der Waals surface area contributed by atoms with Gasteiger partial charge in [-0.1, -0.05) is 44.8 Å². The van der Waals surface area contributed by atoms with Gasteiger partial charge in [-0.15, -0.1) is 11.8 Å². The van der Waals surface area contributed by atoms with Gasteiger partial charge in [-0.05, 0) is 31.2 Å². The molecule has 0 bridgehead atoms. The summed E-state index contributed by atoms with van der Waals surface area (Å²) in [4.78, 5) is 7.87. The van der Waals surface area contributed by atoms with E-state index in [4.69, 9.17) is 18.0 Å². The van der Waals surface area contributed by atoms with Crippen molar-refractivity contribution >= 4 is 45.2 Å². The van der Waals surface area contributed by atoms with Crippen LogP contribution in [0.2, 0.25) is 0 Å². The Hall–Kier alpha value is -1.27. The van der Waals surface area contributed by atoms with Crippen molar-refractivity contribution in [3.8, 4) is 0 Å². The molecular formula is C17H26N4S2. The van der Waals surface area contributed by atoms with Crippen LogP contribution in [0.3, 0.4) is 0 Å². The molecule has 0 unspecified atom stereocenters. The van der Waals surface area contributed by atoms with E-state index in [0.29, 0.717) is 5.82 Å². The number of fused-ring (bicyclic) bond motifs is 1. The van der Waals surface area contributed by atoms with Crippen LogP contribution in [-0.4, -0.2) is 20.5 Å². The molecule has 0 aromatic carbocycles. The number of thiocarbonyl (C=S) groups is 1. The number of nitrogen functional groups attached to an aromatic ring is 1. The van der Waals surface area contributed by atoms with E-state index in [1.54, 1.807) is 11.8 Å². The average molecular weight is 351 g/mol. The Bertz CT molecular complexity index is 651. The van der Waals surface area contributed by atoms with Crippen LogP contribution in [0, 0.1) is 0 Å². The van der Waals surface area contributed by atoms with E-state index in [2.05, 4.69) is 22.2 Å². The number of anilines is 1. The van der Waals surface area contributed by atoms with E-state index < -0.39 is 0 Å². The average Bonchev–Trinajstić information content (AvgIpc) is 2.88. The Labute approximate surface area is 148 Å². The molecule has 2 aromatic rings. The van der Waals surface area contributed by atoms with Crippen molar-refractivity contribution in [2.45, 2.75) is 52.0 Å². The quantitative estimate of drug-likeness (QED) is 0.486. The van der Waals surface area contributed by atoms with E-state index in [1.807, 2.05) is 18.4 Å². The van der Waals surface area contributed by atoms with E-state index in [-0.39, 0.29) is 0 Å². The van der Waals surface area contributed by atoms with Crippen molar-refractivity contribution in [1.29, 1.82) is 0 Å². The minimum absolute atomic E-state index is 0.549. The van der Waals surface area contributed by atoms with Crippen LogP contribution < -0.4 is 11.1 Å². The number of nitrogens with zero attached hydrogens (tertiary/aromatic N) is 1. The summed E-state index contributed by atoms with van der Waals surface area (Å²) >= 11 is 6.82. The van der Waals surface area contributed by atoms with E-state index in [0.717, 1.165) is 28.3 Å². The molecule has 0 spiro atoms. The molecule has 4 nitrogen and oxygen atoms in total. The molecule has 2 heterocycles. The number of thioether (sulfide) groups is 1. The zero-order valence-electron chi connectivity index (χ0n) is 13.9. The van der Waals surface area contributed by atoms with Gasteiger partial charge in [0.1, 0.15) is 15.8 Å². The van der Waals surface area contributed by atoms with E-state index in [9.17, 15) is 0 Å². The topological polar surface area (TPSA) is 66.7 Å². The van der Waals surface area contributed by atoms with Gasteiger partial charge in [0, 0.05) is 23.2 Å². The normalized spacial score (nSPS) is 11.0. The number of hydrogen-bond donors (Lipinski definition) is 3. The van der Waals surface area contributed by atoms with Gasteiger partial charge in [-0.2, -0.15) is 0 Å². The van der Waals surface area contributed by atoms with Crippen molar-refractivity contribution in [2.24, 2.45) is 0 Å². The number of unbranched alkanes of at least 4 members (excludes halogenated alkanes) is 4. The van der Waals surface area contributed by atoms with Crippen molar-refractivity contribution in [3.63, 3.8) is 0 Å². The number of rotatable bonds is 8. The maximum absolute atomic E-state index is 5.81. The van der Waals surface area contributed by atoms with Crippen LogP contribution in [0.15, 0.2) is 12.1 Å². The fourth-order valence-electron chi connectivity index (χ4n) is 2.75. The third kappa shape index (κ3) is 5.11. The molecular weight excluding hydrogens is 324 g/mol. The van der Waals surface area contributed by atoms with E-state index in [1.165, 1.54) is 43.4 Å². The number of aromatic nitrogens is 2. The highest BCUT2D eigenvalue weighted by atomic mass is 32.2. The van der Waals surface area contributed by atoms with Gasteiger partial charge >= 0.3 is 0 Å². The lowest BCUT2D eigenvalue weighted by Gasteiger charge is -2.08. The number of nitrogens with two attached hydrogens (primary N) is 1. The van der Waals surface area contributed by atoms with Crippen molar-refractivity contribution < 1.29 is 0 Å². The van der Waals surface area contributed by atoms with Crippen LogP contribution in [0.4, 0.5) is 5.82 Å². The van der Waals surface area contributed by atoms with Gasteiger partial charge in [0.15, 0.2) is 0 Å². The molecule has 23 heavy (non-hydrogen) atoms. The third-order valence-electron chi connectivity index (χ3n) is 4.00. The summed E-state index contributed by atoms with van der Waals surface area (Å²) in [7, 11) is 0. The molecule has 2 rings (SSSR count). The minimum Gasteiger partial charge on any atom is -0.384 e. The second kappa shape index (κ2) is 9.13. The molecule has 2 aromatic heterocycles. The monoisotopic (exact) mass is 350 g/mol. The molecule has 0 aliphatic carbocycles. The standard InChI is InChI=1S/C17H26N4S2/c1-3-4-5-6-7-8-14-13(11-19-17(22)23-2)12-9-10-15(18)21-16(12)20-14/h9-10H,3-8,11H2,1-2H3,(H,19,22)(H3,18,20,21). The first-order valence-electron chi connectivity index (χ1n) is 8.23. The maximum Gasteiger partial charge on any atom is 0.140 e. The molecule has 0 amide bonds.